The van der Waals surface area contributed by atoms with Crippen LogP contribution in [-0.4, -0.2) is 18.0 Å². The molecular formula is C11H16O2. The zero-order chi connectivity index (χ0) is 9.22. The lowest BCUT2D eigenvalue weighted by atomic mass is 9.91. The molecule has 2 nitrogen and oxygen atoms in total. The lowest BCUT2D eigenvalue weighted by Crippen LogP contribution is -2.30. The largest absolute Gasteiger partial charge is 0.344 e. The summed E-state index contributed by atoms with van der Waals surface area (Å²) >= 11 is 0. The molecule has 3 fully saturated rings. The van der Waals surface area contributed by atoms with E-state index in [1.165, 1.54) is 12.0 Å². The minimum atomic E-state index is -0.364. The van der Waals surface area contributed by atoms with Gasteiger partial charge < -0.3 is 9.47 Å². The van der Waals surface area contributed by atoms with E-state index in [1.54, 1.807) is 0 Å². The van der Waals surface area contributed by atoms with Gasteiger partial charge in [0.15, 0.2) is 5.79 Å². The minimum Gasteiger partial charge on any atom is -0.344 e. The van der Waals surface area contributed by atoms with Gasteiger partial charge in [0, 0.05) is 5.92 Å². The Morgan fingerprint density at radius 3 is 2.77 bits per heavy atom. The van der Waals surface area contributed by atoms with Crippen LogP contribution in [0.2, 0.25) is 0 Å². The molecule has 0 aromatic rings. The van der Waals surface area contributed by atoms with Crippen LogP contribution in [0, 0.1) is 11.8 Å². The summed E-state index contributed by atoms with van der Waals surface area (Å²) in [6.45, 7) is 8.12. The Morgan fingerprint density at radius 2 is 2.00 bits per heavy atom. The summed E-state index contributed by atoms with van der Waals surface area (Å²) in [5.41, 5.74) is 1.38. The SMILES string of the molecule is C=C1CC2CC1C1OC(C)(C)OC21. The average molecular weight is 180 g/mol. The quantitative estimate of drug-likeness (QED) is 0.531. The lowest BCUT2D eigenvalue weighted by molar-refractivity contribution is -0.156. The maximum absolute atomic E-state index is 5.89. The molecule has 0 N–H and O–H groups in total. The second-order valence-electron chi connectivity index (χ2n) is 5.03. The highest BCUT2D eigenvalue weighted by Crippen LogP contribution is 2.54. The fraction of sp³-hybridized carbons (Fsp3) is 0.818. The van der Waals surface area contributed by atoms with E-state index in [9.17, 15) is 0 Å². The second kappa shape index (κ2) is 2.18. The first-order chi connectivity index (χ1) is 6.07. The average Bonchev–Trinajstić information content (AvgIpc) is 2.56. The first kappa shape index (κ1) is 8.01. The molecule has 4 unspecified atom stereocenters. The van der Waals surface area contributed by atoms with Crippen molar-refractivity contribution >= 4 is 0 Å². The summed E-state index contributed by atoms with van der Waals surface area (Å²) in [6, 6.07) is 0. The first-order valence-corrected chi connectivity index (χ1v) is 5.10. The van der Waals surface area contributed by atoms with Gasteiger partial charge in [-0.1, -0.05) is 12.2 Å². The molecule has 2 aliphatic carbocycles. The van der Waals surface area contributed by atoms with Gasteiger partial charge in [-0.2, -0.15) is 0 Å². The summed E-state index contributed by atoms with van der Waals surface area (Å²) in [5, 5.41) is 0. The van der Waals surface area contributed by atoms with Crippen LogP contribution < -0.4 is 0 Å². The predicted molar refractivity (Wildman–Crippen MR) is 49.2 cm³/mol. The van der Waals surface area contributed by atoms with Gasteiger partial charge in [-0.25, -0.2) is 0 Å². The van der Waals surface area contributed by atoms with Crippen molar-refractivity contribution < 1.29 is 9.47 Å². The molecule has 2 bridgehead atoms. The minimum absolute atomic E-state index is 0.307. The molecule has 4 atom stereocenters. The Balaban J connectivity index is 1.91. The van der Waals surface area contributed by atoms with Gasteiger partial charge in [-0.15, -0.1) is 0 Å². The van der Waals surface area contributed by atoms with Crippen LogP contribution in [0.15, 0.2) is 12.2 Å². The molecular weight excluding hydrogens is 164 g/mol. The molecule has 3 aliphatic rings. The Kier molecular flexibility index (Phi) is 1.34. The van der Waals surface area contributed by atoms with Crippen molar-refractivity contribution in [3.05, 3.63) is 12.2 Å². The van der Waals surface area contributed by atoms with Crippen LogP contribution in [0.5, 0.6) is 0 Å². The monoisotopic (exact) mass is 180 g/mol. The van der Waals surface area contributed by atoms with Crippen LogP contribution in [-0.2, 0) is 9.47 Å². The fourth-order valence-electron chi connectivity index (χ4n) is 3.17. The number of hydrogen-bond acceptors (Lipinski definition) is 2. The summed E-state index contributed by atoms with van der Waals surface area (Å²) in [5.74, 6) is 0.901. The standard InChI is InChI=1S/C11H16O2/c1-6-4-7-5-8(6)10-9(7)12-11(2,3)13-10/h7-10H,1,4-5H2,2-3H3. The highest BCUT2D eigenvalue weighted by Gasteiger charge is 2.57. The van der Waals surface area contributed by atoms with Gasteiger partial charge in [0.25, 0.3) is 0 Å². The molecule has 0 aromatic carbocycles. The summed E-state index contributed by atoms with van der Waals surface area (Å²) in [7, 11) is 0. The van der Waals surface area contributed by atoms with E-state index in [0.717, 1.165) is 6.42 Å². The van der Waals surface area contributed by atoms with E-state index in [1.807, 2.05) is 13.8 Å². The Hall–Kier alpha value is -0.340. The normalized spacial score (nSPS) is 51.4. The van der Waals surface area contributed by atoms with Crippen LogP contribution in [0.1, 0.15) is 26.7 Å². The van der Waals surface area contributed by atoms with Crippen LogP contribution >= 0.6 is 0 Å². The molecule has 2 heteroatoms. The van der Waals surface area contributed by atoms with E-state index >= 15 is 0 Å². The molecule has 1 saturated heterocycles. The molecule has 72 valence electrons. The van der Waals surface area contributed by atoms with Gasteiger partial charge in [-0.3, -0.25) is 0 Å². The molecule has 2 saturated carbocycles. The molecule has 0 radical (unpaired) electrons. The van der Waals surface area contributed by atoms with Crippen molar-refractivity contribution in [2.75, 3.05) is 0 Å². The molecule has 0 spiro atoms. The number of fused-ring (bicyclic) bond motifs is 5. The Morgan fingerprint density at radius 1 is 1.31 bits per heavy atom. The van der Waals surface area contributed by atoms with Gasteiger partial charge >= 0.3 is 0 Å². The second-order valence-corrected chi connectivity index (χ2v) is 5.03. The fourth-order valence-corrected chi connectivity index (χ4v) is 3.17. The first-order valence-electron chi connectivity index (χ1n) is 5.10. The number of hydrogen-bond donors (Lipinski definition) is 0. The van der Waals surface area contributed by atoms with E-state index in [-0.39, 0.29) is 5.79 Å². The van der Waals surface area contributed by atoms with Gasteiger partial charge in [0.05, 0.1) is 12.2 Å². The van der Waals surface area contributed by atoms with Crippen molar-refractivity contribution in [1.82, 2.24) is 0 Å². The van der Waals surface area contributed by atoms with Gasteiger partial charge in [0.2, 0.25) is 0 Å². The third kappa shape index (κ3) is 0.960. The predicted octanol–water partition coefficient (Wildman–Crippen LogP) is 2.10. The van der Waals surface area contributed by atoms with Crippen LogP contribution in [0.4, 0.5) is 0 Å². The van der Waals surface area contributed by atoms with Gasteiger partial charge in [-0.05, 0) is 32.6 Å². The summed E-state index contributed by atoms with van der Waals surface area (Å²) < 4.78 is 11.8. The molecule has 1 heterocycles. The van der Waals surface area contributed by atoms with Crippen LogP contribution in [0.25, 0.3) is 0 Å². The third-order valence-corrected chi connectivity index (χ3v) is 3.63. The third-order valence-electron chi connectivity index (χ3n) is 3.63. The Bertz CT molecular complexity index is 269. The summed E-state index contributed by atoms with van der Waals surface area (Å²) in [4.78, 5) is 0. The highest BCUT2D eigenvalue weighted by atomic mass is 16.8. The van der Waals surface area contributed by atoms with Crippen LogP contribution in [0.3, 0.4) is 0 Å². The van der Waals surface area contributed by atoms with Crippen molar-refractivity contribution in [3.63, 3.8) is 0 Å². The molecule has 13 heavy (non-hydrogen) atoms. The lowest BCUT2D eigenvalue weighted by Gasteiger charge is -2.22. The maximum atomic E-state index is 5.89. The zero-order valence-corrected chi connectivity index (χ0v) is 8.25. The molecule has 0 amide bonds. The molecule has 0 aromatic heterocycles. The zero-order valence-electron chi connectivity index (χ0n) is 8.25. The van der Waals surface area contributed by atoms with Crippen molar-refractivity contribution in [1.29, 1.82) is 0 Å². The topological polar surface area (TPSA) is 18.5 Å². The molecule has 1 aliphatic heterocycles. The van der Waals surface area contributed by atoms with E-state index in [2.05, 4.69) is 6.58 Å². The van der Waals surface area contributed by atoms with E-state index < -0.39 is 0 Å². The van der Waals surface area contributed by atoms with Crippen molar-refractivity contribution in [2.45, 2.75) is 44.7 Å². The summed E-state index contributed by atoms with van der Waals surface area (Å²) in [6.07, 6.45) is 3.06. The van der Waals surface area contributed by atoms with E-state index in [4.69, 9.17) is 9.47 Å². The van der Waals surface area contributed by atoms with E-state index in [0.29, 0.717) is 24.0 Å². The number of ether oxygens (including phenoxy) is 2. The smallest absolute Gasteiger partial charge is 0.163 e. The maximum Gasteiger partial charge on any atom is 0.163 e. The molecule has 3 rings (SSSR count). The van der Waals surface area contributed by atoms with Crippen molar-refractivity contribution in [2.24, 2.45) is 11.8 Å². The Labute approximate surface area is 78.9 Å². The van der Waals surface area contributed by atoms with Gasteiger partial charge in [0.1, 0.15) is 0 Å². The highest BCUT2D eigenvalue weighted by molar-refractivity contribution is 5.20. The number of rotatable bonds is 0. The van der Waals surface area contributed by atoms with Crippen molar-refractivity contribution in [3.8, 4) is 0 Å².